The molecule has 132 valence electrons. The molecule has 8 heteroatoms. The Bertz CT molecular complexity index is 967. The molecule has 0 amide bonds. The van der Waals surface area contributed by atoms with Gasteiger partial charge in [-0.1, -0.05) is 12.1 Å². The van der Waals surface area contributed by atoms with Crippen LogP contribution in [0.5, 0.6) is 5.75 Å². The summed E-state index contributed by atoms with van der Waals surface area (Å²) >= 11 is 0. The molecule has 1 aromatic carbocycles. The fraction of sp³-hybridized carbons (Fsp3) is 0.222. The summed E-state index contributed by atoms with van der Waals surface area (Å²) in [5.41, 5.74) is 5.41. The second-order valence-corrected chi connectivity index (χ2v) is 5.15. The van der Waals surface area contributed by atoms with Crippen molar-refractivity contribution in [2.75, 3.05) is 18.9 Å². The van der Waals surface area contributed by atoms with E-state index in [9.17, 15) is 20.1 Å². The summed E-state index contributed by atoms with van der Waals surface area (Å²) in [6, 6.07) is 10.2. The third-order valence-electron chi connectivity index (χ3n) is 3.47. The van der Waals surface area contributed by atoms with Crippen LogP contribution in [0.4, 0.5) is 5.82 Å². The fourth-order valence-corrected chi connectivity index (χ4v) is 2.36. The Morgan fingerprint density at radius 1 is 1.27 bits per heavy atom. The zero-order chi connectivity index (χ0) is 19.1. The second-order valence-electron chi connectivity index (χ2n) is 5.15. The normalized spacial score (nSPS) is 9.81. The van der Waals surface area contributed by atoms with E-state index < -0.39 is 5.56 Å². The maximum atomic E-state index is 12.0. The SMILES string of the molecule is CCOC(=O)CCOc1cccc(-c2c(C#N)c(N)[nH]c(=O)c2C#N)c1. The van der Waals surface area contributed by atoms with Crippen molar-refractivity contribution in [1.29, 1.82) is 10.5 Å². The van der Waals surface area contributed by atoms with Crippen LogP contribution in [0.15, 0.2) is 29.1 Å². The molecule has 0 saturated heterocycles. The minimum absolute atomic E-state index is 0.00447. The summed E-state index contributed by atoms with van der Waals surface area (Å²) in [5.74, 6) is -0.0666. The number of hydrogen-bond acceptors (Lipinski definition) is 7. The lowest BCUT2D eigenvalue weighted by atomic mass is 9.96. The van der Waals surface area contributed by atoms with E-state index in [1.165, 1.54) is 0 Å². The van der Waals surface area contributed by atoms with Crippen LogP contribution in [0.25, 0.3) is 11.1 Å². The molecule has 0 atom stereocenters. The van der Waals surface area contributed by atoms with E-state index in [0.29, 0.717) is 17.9 Å². The van der Waals surface area contributed by atoms with Crippen molar-refractivity contribution >= 4 is 11.8 Å². The predicted molar refractivity (Wildman–Crippen MR) is 93.1 cm³/mol. The number of nitrogens with one attached hydrogen (secondary N) is 1. The second kappa shape index (κ2) is 8.36. The van der Waals surface area contributed by atoms with E-state index in [-0.39, 0.29) is 41.5 Å². The van der Waals surface area contributed by atoms with Gasteiger partial charge in [-0.15, -0.1) is 0 Å². The van der Waals surface area contributed by atoms with Gasteiger partial charge in [0.25, 0.3) is 5.56 Å². The van der Waals surface area contributed by atoms with E-state index in [4.69, 9.17) is 15.2 Å². The van der Waals surface area contributed by atoms with Crippen molar-refractivity contribution in [3.05, 3.63) is 45.7 Å². The van der Waals surface area contributed by atoms with Crippen LogP contribution in [0, 0.1) is 22.7 Å². The van der Waals surface area contributed by atoms with Gasteiger partial charge in [-0.3, -0.25) is 9.59 Å². The first-order chi connectivity index (χ1) is 12.5. The lowest BCUT2D eigenvalue weighted by molar-refractivity contribution is -0.143. The quantitative estimate of drug-likeness (QED) is 0.753. The number of aromatic nitrogens is 1. The van der Waals surface area contributed by atoms with Gasteiger partial charge in [-0.05, 0) is 24.6 Å². The Morgan fingerprint density at radius 3 is 2.65 bits per heavy atom. The molecule has 0 unspecified atom stereocenters. The number of esters is 1. The highest BCUT2D eigenvalue weighted by atomic mass is 16.5. The van der Waals surface area contributed by atoms with E-state index in [2.05, 4.69) is 4.98 Å². The van der Waals surface area contributed by atoms with Gasteiger partial charge in [0, 0.05) is 5.56 Å². The van der Waals surface area contributed by atoms with Crippen molar-refractivity contribution in [2.45, 2.75) is 13.3 Å². The Hall–Kier alpha value is -3.78. The zero-order valence-electron chi connectivity index (χ0n) is 14.0. The number of hydrogen-bond donors (Lipinski definition) is 2. The molecule has 8 nitrogen and oxygen atoms in total. The highest BCUT2D eigenvalue weighted by Gasteiger charge is 2.18. The average molecular weight is 352 g/mol. The molecular formula is C18H16N4O4. The van der Waals surface area contributed by atoms with Gasteiger partial charge in [-0.25, -0.2) is 0 Å². The highest BCUT2D eigenvalue weighted by molar-refractivity contribution is 5.80. The molecule has 0 bridgehead atoms. The molecule has 1 aromatic heterocycles. The smallest absolute Gasteiger partial charge is 0.309 e. The van der Waals surface area contributed by atoms with E-state index >= 15 is 0 Å². The number of ether oxygens (including phenoxy) is 2. The summed E-state index contributed by atoms with van der Waals surface area (Å²) in [7, 11) is 0. The molecule has 0 fully saturated rings. The summed E-state index contributed by atoms with van der Waals surface area (Å²) < 4.78 is 10.3. The van der Waals surface area contributed by atoms with E-state index in [0.717, 1.165) is 0 Å². The van der Waals surface area contributed by atoms with Gasteiger partial charge in [-0.2, -0.15) is 10.5 Å². The van der Waals surface area contributed by atoms with Crippen LogP contribution >= 0.6 is 0 Å². The number of rotatable bonds is 6. The minimum Gasteiger partial charge on any atom is -0.493 e. The van der Waals surface area contributed by atoms with E-state index in [1.54, 1.807) is 37.3 Å². The molecule has 2 aromatic rings. The zero-order valence-corrected chi connectivity index (χ0v) is 14.0. The molecule has 0 radical (unpaired) electrons. The Kier molecular flexibility index (Phi) is 5.96. The number of carbonyl (C=O) groups excluding carboxylic acids is 1. The number of nitrogens with zero attached hydrogens (tertiary/aromatic N) is 2. The van der Waals surface area contributed by atoms with E-state index in [1.807, 2.05) is 6.07 Å². The molecule has 0 saturated carbocycles. The lowest BCUT2D eigenvalue weighted by Gasteiger charge is -2.11. The third kappa shape index (κ3) is 4.00. The Morgan fingerprint density at radius 2 is 2.00 bits per heavy atom. The number of nitrogen functional groups attached to an aromatic ring is 1. The number of pyridine rings is 1. The summed E-state index contributed by atoms with van der Waals surface area (Å²) in [6.07, 6.45) is 0.0862. The van der Waals surface area contributed by atoms with Crippen LogP contribution < -0.4 is 16.0 Å². The van der Waals surface area contributed by atoms with Crippen molar-refractivity contribution in [1.82, 2.24) is 4.98 Å². The van der Waals surface area contributed by atoms with Gasteiger partial charge in [0.1, 0.15) is 34.8 Å². The molecule has 0 aliphatic heterocycles. The molecule has 3 N–H and O–H groups in total. The maximum absolute atomic E-state index is 12.0. The molecule has 1 heterocycles. The minimum atomic E-state index is -0.673. The monoisotopic (exact) mass is 352 g/mol. The van der Waals surface area contributed by atoms with Crippen LogP contribution in [0.3, 0.4) is 0 Å². The van der Waals surface area contributed by atoms with Crippen molar-refractivity contribution in [3.8, 4) is 29.0 Å². The number of aromatic amines is 1. The van der Waals surface area contributed by atoms with Gasteiger partial charge in [0.05, 0.1) is 19.6 Å². The average Bonchev–Trinajstić information content (AvgIpc) is 2.61. The Balaban J connectivity index is 2.37. The molecule has 0 aliphatic rings. The number of nitriles is 2. The number of nitrogens with two attached hydrogens (primary N) is 1. The van der Waals surface area contributed by atoms with Crippen molar-refractivity contribution in [2.24, 2.45) is 0 Å². The Labute approximate surface area is 149 Å². The highest BCUT2D eigenvalue weighted by Crippen LogP contribution is 2.30. The molecular weight excluding hydrogens is 336 g/mol. The van der Waals surface area contributed by atoms with Gasteiger partial charge >= 0.3 is 5.97 Å². The van der Waals surface area contributed by atoms with Crippen LogP contribution in [-0.4, -0.2) is 24.2 Å². The van der Waals surface area contributed by atoms with Gasteiger partial charge in [0.2, 0.25) is 0 Å². The largest absolute Gasteiger partial charge is 0.493 e. The van der Waals surface area contributed by atoms with Gasteiger partial charge in [0.15, 0.2) is 0 Å². The maximum Gasteiger partial charge on any atom is 0.309 e. The number of H-pyrrole nitrogens is 1. The number of benzene rings is 1. The first kappa shape index (κ1) is 18.6. The molecule has 0 aliphatic carbocycles. The first-order valence-electron chi connectivity index (χ1n) is 7.76. The summed E-state index contributed by atoms with van der Waals surface area (Å²) in [5, 5.41) is 18.6. The lowest BCUT2D eigenvalue weighted by Crippen LogP contribution is -2.16. The molecule has 2 rings (SSSR count). The van der Waals surface area contributed by atoms with Gasteiger partial charge < -0.3 is 20.2 Å². The summed E-state index contributed by atoms with van der Waals surface area (Å²) in [4.78, 5) is 25.6. The topological polar surface area (TPSA) is 142 Å². The number of carbonyl (C=O) groups is 1. The standard InChI is InChI=1S/C18H16N4O4/c1-2-25-15(23)6-7-26-12-5-3-4-11(8-12)16-13(9-19)17(21)22-18(24)14(16)10-20/h3-5,8H,2,6-7H2,1H3,(H3,21,22,24). The van der Waals surface area contributed by atoms with Crippen LogP contribution in [0.2, 0.25) is 0 Å². The third-order valence-corrected chi connectivity index (χ3v) is 3.47. The fourth-order valence-electron chi connectivity index (χ4n) is 2.36. The predicted octanol–water partition coefficient (Wildman–Crippen LogP) is 1.70. The van der Waals surface area contributed by atoms with Crippen molar-refractivity contribution < 1.29 is 14.3 Å². The van der Waals surface area contributed by atoms with Crippen LogP contribution in [0.1, 0.15) is 24.5 Å². The number of anilines is 1. The first-order valence-corrected chi connectivity index (χ1v) is 7.76. The summed E-state index contributed by atoms with van der Waals surface area (Å²) in [6.45, 7) is 2.12. The molecule has 0 spiro atoms. The molecule has 26 heavy (non-hydrogen) atoms. The van der Waals surface area contributed by atoms with Crippen molar-refractivity contribution in [3.63, 3.8) is 0 Å². The van der Waals surface area contributed by atoms with Crippen LogP contribution in [-0.2, 0) is 9.53 Å².